The fraction of sp³-hybridized carbons (Fsp3) is 0.125. The highest BCUT2D eigenvalue weighted by Gasteiger charge is 2.38. The van der Waals surface area contributed by atoms with E-state index in [1.807, 2.05) is 37.3 Å². The Morgan fingerprint density at radius 3 is 2.59 bits per heavy atom. The summed E-state index contributed by atoms with van der Waals surface area (Å²) in [5, 5.41) is 8.04. The van der Waals surface area contributed by atoms with E-state index >= 15 is 0 Å². The quantitative estimate of drug-likeness (QED) is 0.359. The Morgan fingerprint density at radius 1 is 1.09 bits per heavy atom. The van der Waals surface area contributed by atoms with E-state index < -0.39 is 5.66 Å². The van der Waals surface area contributed by atoms with Crippen molar-refractivity contribution in [2.75, 3.05) is 0 Å². The highest BCUT2D eigenvalue weighted by atomic mass is 19.1. The minimum absolute atomic E-state index is 0.0497. The number of nitrogens with zero attached hydrogens (tertiary/aromatic N) is 4. The van der Waals surface area contributed by atoms with Gasteiger partial charge < -0.3 is 21.5 Å². The van der Waals surface area contributed by atoms with E-state index in [-0.39, 0.29) is 23.9 Å². The average Bonchev–Trinajstić information content (AvgIpc) is 3.19. The monoisotopic (exact) mass is 458 g/mol. The normalized spacial score (nSPS) is 17.7. The Balaban J connectivity index is 1.73. The van der Waals surface area contributed by atoms with Gasteiger partial charge >= 0.3 is 0 Å². The summed E-state index contributed by atoms with van der Waals surface area (Å²) < 4.78 is 22.3. The number of hydrogen-bond acceptors (Lipinski definition) is 8. The molecule has 10 heteroatoms. The lowest BCUT2D eigenvalue weighted by atomic mass is 9.95. The number of pyridine rings is 1. The van der Waals surface area contributed by atoms with Crippen LogP contribution in [0.2, 0.25) is 0 Å². The number of aliphatic imine (C=N–C) groups is 1. The maximum Gasteiger partial charge on any atom is 0.184 e. The van der Waals surface area contributed by atoms with Crippen molar-refractivity contribution in [3.05, 3.63) is 95.0 Å². The molecule has 0 aliphatic carbocycles. The first-order chi connectivity index (χ1) is 16.4. The molecule has 4 aromatic rings. The number of ether oxygens (including phenoxy) is 1. The second kappa shape index (κ2) is 8.16. The second-order valence-electron chi connectivity index (χ2n) is 7.91. The van der Waals surface area contributed by atoms with E-state index in [1.54, 1.807) is 29.1 Å². The maximum atomic E-state index is 14.3. The molecule has 2 aromatic carbocycles. The highest BCUT2D eigenvalue weighted by molar-refractivity contribution is 5.88. The minimum Gasteiger partial charge on any atom is -0.487 e. The Hall–Kier alpha value is -4.44. The van der Waals surface area contributed by atoms with E-state index in [9.17, 15) is 4.39 Å². The lowest BCUT2D eigenvalue weighted by Gasteiger charge is -2.31. The molecule has 1 atom stereocenters. The van der Waals surface area contributed by atoms with E-state index in [2.05, 4.69) is 20.4 Å². The third-order valence-corrected chi connectivity index (χ3v) is 5.75. The summed E-state index contributed by atoms with van der Waals surface area (Å²) in [7, 11) is 0. The zero-order valence-electron chi connectivity index (χ0n) is 18.4. The van der Waals surface area contributed by atoms with Crippen molar-refractivity contribution in [2.45, 2.75) is 19.2 Å². The predicted molar refractivity (Wildman–Crippen MR) is 127 cm³/mol. The van der Waals surface area contributed by atoms with Crippen molar-refractivity contribution in [1.29, 1.82) is 0 Å². The number of benzene rings is 2. The van der Waals surface area contributed by atoms with E-state index in [1.165, 1.54) is 12.4 Å². The van der Waals surface area contributed by atoms with Gasteiger partial charge in [0.25, 0.3) is 0 Å². The van der Waals surface area contributed by atoms with Crippen LogP contribution in [-0.4, -0.2) is 21.1 Å². The van der Waals surface area contributed by atoms with Crippen LogP contribution in [0.5, 0.6) is 5.75 Å². The lowest BCUT2D eigenvalue weighted by Crippen LogP contribution is -2.47. The van der Waals surface area contributed by atoms with Crippen molar-refractivity contribution in [3.63, 3.8) is 0 Å². The van der Waals surface area contributed by atoms with Crippen LogP contribution in [0.15, 0.2) is 77.3 Å². The number of nitrogens with one attached hydrogen (secondary N) is 1. The zero-order chi connectivity index (χ0) is 23.9. The first-order valence-electron chi connectivity index (χ1n) is 10.6. The molecule has 0 saturated carbocycles. The van der Waals surface area contributed by atoms with Crippen LogP contribution in [0.1, 0.15) is 16.8 Å². The van der Waals surface area contributed by atoms with Gasteiger partial charge in [-0.15, -0.1) is 0 Å². The maximum absolute atomic E-state index is 14.3. The Morgan fingerprint density at radius 2 is 1.82 bits per heavy atom. The summed E-state index contributed by atoms with van der Waals surface area (Å²) in [5.74, 6) is 0.150. The SMILES string of the molecule is Cc1nn(-c2ccccc2)c2ncc(C3(N)N=CNC(N)=C3N)c(OCc3ccccc3F)c12. The van der Waals surface area contributed by atoms with Crippen molar-refractivity contribution in [2.24, 2.45) is 22.2 Å². The molecule has 2 aromatic heterocycles. The molecule has 0 saturated heterocycles. The summed E-state index contributed by atoms with van der Waals surface area (Å²) >= 11 is 0. The van der Waals surface area contributed by atoms with E-state index in [4.69, 9.17) is 21.9 Å². The Kier molecular flexibility index (Phi) is 5.14. The molecular weight excluding hydrogens is 435 g/mol. The summed E-state index contributed by atoms with van der Waals surface area (Å²) in [6.07, 6.45) is 2.92. The molecule has 1 aliphatic heterocycles. The average molecular weight is 459 g/mol. The molecule has 5 rings (SSSR count). The van der Waals surface area contributed by atoms with Crippen LogP contribution < -0.4 is 27.3 Å². The van der Waals surface area contributed by atoms with E-state index in [0.29, 0.717) is 33.6 Å². The van der Waals surface area contributed by atoms with Gasteiger partial charge in [0.05, 0.1) is 34.4 Å². The van der Waals surface area contributed by atoms with Gasteiger partial charge in [0, 0.05) is 11.8 Å². The minimum atomic E-state index is -1.54. The molecule has 0 spiro atoms. The van der Waals surface area contributed by atoms with Crippen LogP contribution in [0.3, 0.4) is 0 Å². The number of aryl methyl sites for hydroxylation is 1. The number of aromatic nitrogens is 3. The molecule has 1 aliphatic rings. The number of fused-ring (bicyclic) bond motifs is 1. The van der Waals surface area contributed by atoms with Gasteiger partial charge in [-0.1, -0.05) is 36.4 Å². The van der Waals surface area contributed by atoms with Gasteiger partial charge in [0.1, 0.15) is 24.0 Å². The predicted octanol–water partition coefficient (Wildman–Crippen LogP) is 2.28. The van der Waals surface area contributed by atoms with Crippen LogP contribution in [0.4, 0.5) is 4.39 Å². The first kappa shape index (κ1) is 21.4. The summed E-state index contributed by atoms with van der Waals surface area (Å²) in [4.78, 5) is 9.00. The summed E-state index contributed by atoms with van der Waals surface area (Å²) in [6, 6.07) is 16.0. The number of para-hydroxylation sites is 1. The van der Waals surface area contributed by atoms with Gasteiger partial charge in [-0.25, -0.2) is 19.0 Å². The van der Waals surface area contributed by atoms with Crippen molar-refractivity contribution >= 4 is 17.4 Å². The summed E-state index contributed by atoms with van der Waals surface area (Å²) in [5.41, 5.74) is 20.3. The number of halogens is 1. The Labute approximate surface area is 194 Å². The van der Waals surface area contributed by atoms with Crippen LogP contribution in [-0.2, 0) is 12.3 Å². The van der Waals surface area contributed by atoms with Crippen LogP contribution >= 0.6 is 0 Å². The van der Waals surface area contributed by atoms with Gasteiger partial charge in [-0.2, -0.15) is 5.10 Å². The van der Waals surface area contributed by atoms with Gasteiger partial charge in [-0.05, 0) is 25.1 Å². The zero-order valence-corrected chi connectivity index (χ0v) is 18.4. The molecule has 0 bridgehead atoms. The largest absolute Gasteiger partial charge is 0.487 e. The molecule has 9 nitrogen and oxygen atoms in total. The van der Waals surface area contributed by atoms with Crippen LogP contribution in [0.25, 0.3) is 16.7 Å². The molecule has 0 fully saturated rings. The standard InChI is InChI=1S/C24H23FN8O/c1-14-19-20(34-12-15-7-5-6-10-18(15)25)17(24(28)21(26)22(27)30-13-31-24)11-29-23(19)33(32-14)16-8-3-2-4-9-16/h2-11,13H,12,26-28H2,1H3,(H,30,31). The molecule has 3 heterocycles. The van der Waals surface area contributed by atoms with Gasteiger partial charge in [0.2, 0.25) is 0 Å². The third kappa shape index (κ3) is 3.41. The summed E-state index contributed by atoms with van der Waals surface area (Å²) in [6.45, 7) is 1.79. The number of rotatable bonds is 5. The fourth-order valence-corrected chi connectivity index (χ4v) is 3.93. The molecule has 7 N–H and O–H groups in total. The first-order valence-corrected chi connectivity index (χ1v) is 10.6. The number of nitrogens with two attached hydrogens (primary N) is 3. The van der Waals surface area contributed by atoms with Crippen molar-refractivity contribution < 1.29 is 9.13 Å². The molecular formula is C24H23FN8O. The smallest absolute Gasteiger partial charge is 0.184 e. The van der Waals surface area contributed by atoms with Crippen LogP contribution in [0, 0.1) is 12.7 Å². The second-order valence-corrected chi connectivity index (χ2v) is 7.91. The fourth-order valence-electron chi connectivity index (χ4n) is 3.93. The molecule has 34 heavy (non-hydrogen) atoms. The third-order valence-electron chi connectivity index (χ3n) is 5.75. The topological polar surface area (TPSA) is 142 Å². The Bertz CT molecular complexity index is 1450. The van der Waals surface area contributed by atoms with Crippen molar-refractivity contribution in [1.82, 2.24) is 20.1 Å². The molecule has 0 amide bonds. The van der Waals surface area contributed by atoms with Gasteiger partial charge in [-0.3, -0.25) is 5.73 Å². The molecule has 0 radical (unpaired) electrons. The molecule has 172 valence electrons. The van der Waals surface area contributed by atoms with Gasteiger partial charge in [0.15, 0.2) is 11.3 Å². The van der Waals surface area contributed by atoms with Crippen molar-refractivity contribution in [3.8, 4) is 11.4 Å². The number of hydrogen-bond donors (Lipinski definition) is 4. The lowest BCUT2D eigenvalue weighted by molar-refractivity contribution is 0.294. The highest BCUT2D eigenvalue weighted by Crippen LogP contribution is 2.40. The molecule has 1 unspecified atom stereocenters. The van der Waals surface area contributed by atoms with E-state index in [0.717, 1.165) is 5.69 Å².